The average molecular weight is 381 g/mol. The van der Waals surface area contributed by atoms with E-state index in [9.17, 15) is 9.59 Å². The lowest BCUT2D eigenvalue weighted by atomic mass is 10.1. The van der Waals surface area contributed by atoms with Gasteiger partial charge < -0.3 is 10.4 Å². The average Bonchev–Trinajstić information content (AvgIpc) is 3.20. The number of aryl methyl sites for hydroxylation is 3. The van der Waals surface area contributed by atoms with Gasteiger partial charge >= 0.3 is 5.97 Å². The van der Waals surface area contributed by atoms with Crippen molar-refractivity contribution in [3.8, 4) is 0 Å². The summed E-state index contributed by atoms with van der Waals surface area (Å²) in [5, 5.41) is 20.3. The first-order valence-electron chi connectivity index (χ1n) is 8.99. The summed E-state index contributed by atoms with van der Waals surface area (Å²) in [6.45, 7) is 6.55. The molecule has 0 spiro atoms. The first-order valence-corrected chi connectivity index (χ1v) is 8.99. The molecule has 0 radical (unpaired) electrons. The molecule has 0 aliphatic carbocycles. The van der Waals surface area contributed by atoms with Crippen LogP contribution in [0.3, 0.4) is 0 Å². The van der Waals surface area contributed by atoms with E-state index in [2.05, 4.69) is 21.6 Å². The molecular weight excluding hydrogens is 358 g/mol. The summed E-state index contributed by atoms with van der Waals surface area (Å²) in [4.78, 5) is 23.5. The highest BCUT2D eigenvalue weighted by Crippen LogP contribution is 2.21. The van der Waals surface area contributed by atoms with E-state index in [-0.39, 0.29) is 18.9 Å². The number of nitrogens with zero attached hydrogens (tertiary/aromatic N) is 4. The summed E-state index contributed by atoms with van der Waals surface area (Å²) in [7, 11) is 0. The number of aromatic nitrogens is 4. The maximum absolute atomic E-state index is 12.7. The molecule has 0 fully saturated rings. The molecule has 1 aromatic carbocycles. The van der Waals surface area contributed by atoms with Gasteiger partial charge in [-0.25, -0.2) is 0 Å². The Morgan fingerprint density at radius 2 is 1.93 bits per heavy atom. The van der Waals surface area contributed by atoms with Crippen molar-refractivity contribution < 1.29 is 14.7 Å². The summed E-state index contributed by atoms with van der Waals surface area (Å²) in [5.41, 5.74) is 4.85. The maximum atomic E-state index is 12.7. The van der Waals surface area contributed by atoms with Crippen LogP contribution in [-0.4, -0.2) is 36.5 Å². The van der Waals surface area contributed by atoms with Crippen LogP contribution in [0.2, 0.25) is 0 Å². The minimum absolute atomic E-state index is 0.103. The number of hydrogen-bond acceptors (Lipinski definition) is 4. The van der Waals surface area contributed by atoms with Gasteiger partial charge in [0.1, 0.15) is 5.69 Å². The number of rotatable bonds is 7. The summed E-state index contributed by atoms with van der Waals surface area (Å²) in [6, 6.07) is 9.78. The first kappa shape index (κ1) is 19.3. The van der Waals surface area contributed by atoms with Crippen molar-refractivity contribution in [2.75, 3.05) is 5.32 Å². The Morgan fingerprint density at radius 1 is 1.14 bits per heavy atom. The van der Waals surface area contributed by atoms with Crippen molar-refractivity contribution in [1.29, 1.82) is 0 Å². The summed E-state index contributed by atoms with van der Waals surface area (Å²) >= 11 is 0. The lowest BCUT2D eigenvalue weighted by molar-refractivity contribution is -0.137. The van der Waals surface area contributed by atoms with E-state index < -0.39 is 5.97 Å². The lowest BCUT2D eigenvalue weighted by Gasteiger charge is -2.09. The van der Waals surface area contributed by atoms with E-state index >= 15 is 0 Å². The van der Waals surface area contributed by atoms with Gasteiger partial charge in [0.25, 0.3) is 5.91 Å². The minimum atomic E-state index is -0.939. The van der Waals surface area contributed by atoms with Crippen molar-refractivity contribution in [3.05, 3.63) is 64.7 Å². The predicted octanol–water partition coefficient (Wildman–Crippen LogP) is 2.78. The largest absolute Gasteiger partial charge is 0.481 e. The molecule has 146 valence electrons. The number of nitrogens with one attached hydrogen (secondary N) is 1. The van der Waals surface area contributed by atoms with Crippen LogP contribution in [0.25, 0.3) is 0 Å². The molecule has 2 heterocycles. The summed E-state index contributed by atoms with van der Waals surface area (Å²) in [6.07, 6.45) is 1.38. The van der Waals surface area contributed by atoms with E-state index in [0.717, 1.165) is 17.0 Å². The molecule has 2 aromatic heterocycles. The molecule has 8 heteroatoms. The Balaban J connectivity index is 1.78. The van der Waals surface area contributed by atoms with Gasteiger partial charge in [0, 0.05) is 6.20 Å². The SMILES string of the molecule is Cc1cccc(Cn2nc(C)c(NC(=O)c3ccnn3CCC(=O)O)c2C)c1. The second-order valence-corrected chi connectivity index (χ2v) is 6.73. The smallest absolute Gasteiger partial charge is 0.305 e. The van der Waals surface area contributed by atoms with Gasteiger partial charge in [-0.2, -0.15) is 10.2 Å². The topological polar surface area (TPSA) is 102 Å². The lowest BCUT2D eigenvalue weighted by Crippen LogP contribution is -2.19. The van der Waals surface area contributed by atoms with E-state index in [4.69, 9.17) is 5.11 Å². The highest BCUT2D eigenvalue weighted by atomic mass is 16.4. The molecule has 8 nitrogen and oxygen atoms in total. The van der Waals surface area contributed by atoms with Gasteiger partial charge in [-0.15, -0.1) is 0 Å². The van der Waals surface area contributed by atoms with Crippen LogP contribution in [0.5, 0.6) is 0 Å². The highest BCUT2D eigenvalue weighted by molar-refractivity contribution is 6.03. The maximum Gasteiger partial charge on any atom is 0.305 e. The van der Waals surface area contributed by atoms with E-state index in [0.29, 0.717) is 17.9 Å². The predicted molar refractivity (Wildman–Crippen MR) is 104 cm³/mol. The molecule has 3 rings (SSSR count). The standard InChI is InChI=1S/C20H23N5O3/c1-13-5-4-6-16(11-13)12-25-15(3)19(14(2)23-25)22-20(28)17-7-9-21-24(17)10-8-18(26)27/h4-7,9,11H,8,10,12H2,1-3H3,(H,22,28)(H,26,27). The number of amides is 1. The Kier molecular flexibility index (Phi) is 5.58. The van der Waals surface area contributed by atoms with Crippen LogP contribution < -0.4 is 5.32 Å². The summed E-state index contributed by atoms with van der Waals surface area (Å²) < 4.78 is 3.26. The second kappa shape index (κ2) is 8.08. The molecule has 0 aliphatic rings. The number of aliphatic carboxylic acids is 1. The number of benzene rings is 1. The molecule has 0 aliphatic heterocycles. The van der Waals surface area contributed by atoms with Gasteiger partial charge in [0.15, 0.2) is 0 Å². The van der Waals surface area contributed by atoms with Gasteiger partial charge in [-0.05, 0) is 32.4 Å². The van der Waals surface area contributed by atoms with Crippen LogP contribution in [-0.2, 0) is 17.9 Å². The molecule has 2 N–H and O–H groups in total. The number of carboxylic acid groups (broad SMARTS) is 1. The van der Waals surface area contributed by atoms with Gasteiger partial charge in [0.05, 0.1) is 36.6 Å². The molecule has 0 unspecified atom stereocenters. The Hall–Kier alpha value is -3.42. The molecule has 0 saturated heterocycles. The summed E-state index contributed by atoms with van der Waals surface area (Å²) in [5.74, 6) is -1.28. The van der Waals surface area contributed by atoms with Crippen molar-refractivity contribution in [2.24, 2.45) is 0 Å². The quantitative estimate of drug-likeness (QED) is 0.655. The second-order valence-electron chi connectivity index (χ2n) is 6.73. The normalized spacial score (nSPS) is 10.8. The third-order valence-corrected chi connectivity index (χ3v) is 4.52. The molecule has 3 aromatic rings. The first-order chi connectivity index (χ1) is 13.3. The van der Waals surface area contributed by atoms with Crippen molar-refractivity contribution in [2.45, 2.75) is 40.3 Å². The van der Waals surface area contributed by atoms with Crippen LogP contribution in [0, 0.1) is 20.8 Å². The zero-order valence-corrected chi connectivity index (χ0v) is 16.1. The number of carboxylic acids is 1. The van der Waals surface area contributed by atoms with Crippen LogP contribution >= 0.6 is 0 Å². The van der Waals surface area contributed by atoms with Crippen LogP contribution in [0.1, 0.15) is 39.4 Å². The zero-order chi connectivity index (χ0) is 20.3. The Morgan fingerprint density at radius 3 is 2.64 bits per heavy atom. The van der Waals surface area contributed by atoms with Crippen LogP contribution in [0.15, 0.2) is 36.5 Å². The van der Waals surface area contributed by atoms with Crippen molar-refractivity contribution in [3.63, 3.8) is 0 Å². The number of carbonyl (C=O) groups is 2. The molecular formula is C20H23N5O3. The third-order valence-electron chi connectivity index (χ3n) is 4.52. The molecule has 0 saturated carbocycles. The van der Waals surface area contributed by atoms with Crippen molar-refractivity contribution in [1.82, 2.24) is 19.6 Å². The minimum Gasteiger partial charge on any atom is -0.481 e. The third kappa shape index (κ3) is 4.28. The van der Waals surface area contributed by atoms with E-state index in [1.54, 1.807) is 6.07 Å². The Bertz CT molecular complexity index is 1020. The highest BCUT2D eigenvalue weighted by Gasteiger charge is 2.18. The van der Waals surface area contributed by atoms with Gasteiger partial charge in [-0.1, -0.05) is 29.8 Å². The molecule has 28 heavy (non-hydrogen) atoms. The monoisotopic (exact) mass is 381 g/mol. The van der Waals surface area contributed by atoms with E-state index in [1.807, 2.05) is 43.7 Å². The van der Waals surface area contributed by atoms with Gasteiger partial charge in [-0.3, -0.25) is 19.0 Å². The zero-order valence-electron chi connectivity index (χ0n) is 16.1. The number of anilines is 1. The molecule has 1 amide bonds. The molecule has 0 bridgehead atoms. The number of carbonyl (C=O) groups excluding carboxylic acids is 1. The number of hydrogen-bond donors (Lipinski definition) is 2. The van der Waals surface area contributed by atoms with Crippen molar-refractivity contribution >= 4 is 17.6 Å². The fourth-order valence-corrected chi connectivity index (χ4v) is 3.10. The fraction of sp³-hybridized carbons (Fsp3) is 0.300. The Labute approximate surface area is 162 Å². The molecule has 0 atom stereocenters. The van der Waals surface area contributed by atoms with Gasteiger partial charge in [0.2, 0.25) is 0 Å². The van der Waals surface area contributed by atoms with Crippen LogP contribution in [0.4, 0.5) is 5.69 Å². The van der Waals surface area contributed by atoms with E-state index in [1.165, 1.54) is 16.4 Å². The fourth-order valence-electron chi connectivity index (χ4n) is 3.10.